The number of nitro benzene ring substituents is 1. The molecule has 0 atom stereocenters. The van der Waals surface area contributed by atoms with Gasteiger partial charge < -0.3 is 9.84 Å². The van der Waals surface area contributed by atoms with E-state index in [-0.39, 0.29) is 21.8 Å². The Morgan fingerprint density at radius 3 is 1.91 bits per heavy atom. The summed E-state index contributed by atoms with van der Waals surface area (Å²) in [6, 6.07) is 3.37. The van der Waals surface area contributed by atoms with E-state index in [4.69, 9.17) is 27.7 Å². The van der Waals surface area contributed by atoms with Gasteiger partial charge in [0.15, 0.2) is 0 Å². The monoisotopic (exact) mass is 513 g/mol. The Balaban J connectivity index is 1.95. The van der Waals surface area contributed by atoms with E-state index in [1.807, 2.05) is 0 Å². The van der Waals surface area contributed by atoms with Crippen LogP contribution >= 0.6 is 23.2 Å². The van der Waals surface area contributed by atoms with E-state index in [2.05, 4.69) is 10.5 Å². The Bertz CT molecular complexity index is 1200. The molecule has 0 aliphatic rings. The topological polar surface area (TPSA) is 98.3 Å². The van der Waals surface area contributed by atoms with Gasteiger partial charge in [-0.25, -0.2) is 0 Å². The maximum Gasteiger partial charge on any atom is 0.416 e. The van der Waals surface area contributed by atoms with Crippen molar-refractivity contribution in [1.82, 2.24) is 5.16 Å². The van der Waals surface area contributed by atoms with Crippen molar-refractivity contribution in [1.29, 1.82) is 0 Å². The summed E-state index contributed by atoms with van der Waals surface area (Å²) in [5.74, 6) is -1.68. The quantitative estimate of drug-likeness (QED) is 0.234. The molecule has 0 unspecified atom stereocenters. The van der Waals surface area contributed by atoms with E-state index in [0.29, 0.717) is 12.1 Å². The van der Waals surface area contributed by atoms with Crippen LogP contribution in [0.5, 0.6) is 0 Å². The van der Waals surface area contributed by atoms with Gasteiger partial charge in [-0.1, -0.05) is 28.4 Å². The van der Waals surface area contributed by atoms with Crippen LogP contribution in [-0.2, 0) is 12.4 Å². The molecule has 0 bridgehead atoms. The molecule has 174 valence electrons. The lowest BCUT2D eigenvalue weighted by Gasteiger charge is -2.13. The minimum absolute atomic E-state index is 0.0597. The Labute approximate surface area is 189 Å². The lowest BCUT2D eigenvalue weighted by atomic mass is 10.0. The van der Waals surface area contributed by atoms with Crippen molar-refractivity contribution < 1.29 is 40.6 Å². The van der Waals surface area contributed by atoms with Gasteiger partial charge >= 0.3 is 12.4 Å². The highest BCUT2D eigenvalue weighted by Crippen LogP contribution is 2.39. The molecule has 1 N–H and O–H groups in total. The number of amides is 1. The fourth-order valence-corrected chi connectivity index (χ4v) is 3.15. The van der Waals surface area contributed by atoms with Gasteiger partial charge in [-0.15, -0.1) is 0 Å². The number of alkyl halides is 6. The zero-order valence-corrected chi connectivity index (χ0v) is 17.0. The standard InChI is InChI=1S/C18H7Cl2F6N3O4/c19-11-4-10(29(31)32)5-12(20)15(11)27-16(30)14-6-13(28-33-14)7-1-8(17(21,22)23)3-9(2-7)18(24,25)26/h1-6H,(H,27,30). The van der Waals surface area contributed by atoms with Crippen LogP contribution in [-0.4, -0.2) is 16.0 Å². The van der Waals surface area contributed by atoms with Gasteiger partial charge in [-0.2, -0.15) is 26.3 Å². The number of anilines is 1. The van der Waals surface area contributed by atoms with Gasteiger partial charge in [0, 0.05) is 23.8 Å². The normalized spacial score (nSPS) is 12.0. The summed E-state index contributed by atoms with van der Waals surface area (Å²) < 4.78 is 83.0. The average Bonchev–Trinajstić information content (AvgIpc) is 3.19. The minimum Gasteiger partial charge on any atom is -0.350 e. The molecule has 3 rings (SSSR count). The molecule has 1 aromatic heterocycles. The fraction of sp³-hybridized carbons (Fsp3) is 0.111. The van der Waals surface area contributed by atoms with Crippen molar-refractivity contribution in [3.05, 3.63) is 73.4 Å². The van der Waals surface area contributed by atoms with Crippen LogP contribution in [0, 0.1) is 10.1 Å². The van der Waals surface area contributed by atoms with Gasteiger partial charge in [-0.3, -0.25) is 14.9 Å². The number of hydrogen-bond acceptors (Lipinski definition) is 5. The Hall–Kier alpha value is -3.32. The first-order chi connectivity index (χ1) is 15.2. The second kappa shape index (κ2) is 8.56. The van der Waals surface area contributed by atoms with Crippen LogP contribution in [0.25, 0.3) is 11.3 Å². The molecule has 0 radical (unpaired) electrons. The summed E-state index contributed by atoms with van der Waals surface area (Å²) in [6.45, 7) is 0. The Kier molecular flexibility index (Phi) is 6.31. The number of carbonyl (C=O) groups excluding carboxylic acids is 1. The van der Waals surface area contributed by atoms with Gasteiger partial charge in [0.25, 0.3) is 11.6 Å². The van der Waals surface area contributed by atoms with Crippen molar-refractivity contribution in [2.45, 2.75) is 12.4 Å². The van der Waals surface area contributed by atoms with Gasteiger partial charge in [0.05, 0.1) is 31.8 Å². The number of rotatable bonds is 4. The summed E-state index contributed by atoms with van der Waals surface area (Å²) in [4.78, 5) is 22.4. The number of nitrogens with one attached hydrogen (secondary N) is 1. The Morgan fingerprint density at radius 2 is 1.45 bits per heavy atom. The highest BCUT2D eigenvalue weighted by molar-refractivity contribution is 6.40. The van der Waals surface area contributed by atoms with E-state index in [0.717, 1.165) is 18.2 Å². The summed E-state index contributed by atoms with van der Waals surface area (Å²) in [6.07, 6.45) is -10.2. The van der Waals surface area contributed by atoms with Crippen LogP contribution < -0.4 is 5.32 Å². The molecule has 0 aliphatic carbocycles. The molecule has 2 aromatic carbocycles. The van der Waals surface area contributed by atoms with E-state index in [1.54, 1.807) is 0 Å². The lowest BCUT2D eigenvalue weighted by molar-refractivity contribution is -0.384. The number of nitro groups is 1. The van der Waals surface area contributed by atoms with Crippen molar-refractivity contribution >= 4 is 40.5 Å². The molecule has 1 heterocycles. The predicted octanol–water partition coefficient (Wildman–Crippen LogP) is 6.85. The first-order valence-electron chi connectivity index (χ1n) is 8.38. The number of hydrogen-bond donors (Lipinski definition) is 1. The van der Waals surface area contributed by atoms with Crippen LogP contribution in [0.1, 0.15) is 21.7 Å². The van der Waals surface area contributed by atoms with Crippen molar-refractivity contribution in [2.24, 2.45) is 0 Å². The van der Waals surface area contributed by atoms with Gasteiger partial charge in [0.2, 0.25) is 5.76 Å². The Morgan fingerprint density at radius 1 is 0.939 bits per heavy atom. The summed E-state index contributed by atoms with van der Waals surface area (Å²) in [7, 11) is 0. The minimum atomic E-state index is -5.08. The molecular weight excluding hydrogens is 507 g/mol. The highest BCUT2D eigenvalue weighted by Gasteiger charge is 2.37. The van der Waals surface area contributed by atoms with E-state index < -0.39 is 57.0 Å². The van der Waals surface area contributed by atoms with Crippen molar-refractivity contribution in [2.75, 3.05) is 5.32 Å². The van der Waals surface area contributed by atoms with Crippen LogP contribution in [0.2, 0.25) is 10.0 Å². The molecule has 3 aromatic rings. The lowest BCUT2D eigenvalue weighted by Crippen LogP contribution is -2.12. The molecule has 0 fully saturated rings. The average molecular weight is 514 g/mol. The molecule has 15 heteroatoms. The number of carbonyl (C=O) groups is 1. The number of aromatic nitrogens is 1. The number of non-ortho nitro benzene ring substituents is 1. The first kappa shape index (κ1) is 24.3. The van der Waals surface area contributed by atoms with E-state index in [1.165, 1.54) is 0 Å². The zero-order valence-electron chi connectivity index (χ0n) is 15.5. The number of nitrogens with zero attached hydrogens (tertiary/aromatic N) is 2. The van der Waals surface area contributed by atoms with E-state index in [9.17, 15) is 41.3 Å². The van der Waals surface area contributed by atoms with Crippen molar-refractivity contribution in [3.63, 3.8) is 0 Å². The molecular formula is C18H7Cl2F6N3O4. The maximum atomic E-state index is 13.0. The number of benzene rings is 2. The molecule has 0 saturated carbocycles. The van der Waals surface area contributed by atoms with Crippen LogP contribution in [0.15, 0.2) is 40.9 Å². The summed E-state index contributed by atoms with van der Waals surface area (Å²) in [5, 5.41) is 15.7. The molecule has 1 amide bonds. The van der Waals surface area contributed by atoms with Gasteiger partial charge in [-0.05, 0) is 18.2 Å². The molecule has 0 spiro atoms. The zero-order chi connectivity index (χ0) is 24.7. The highest BCUT2D eigenvalue weighted by atomic mass is 35.5. The largest absolute Gasteiger partial charge is 0.416 e. The number of halogens is 8. The van der Waals surface area contributed by atoms with E-state index >= 15 is 0 Å². The SMILES string of the molecule is O=C(Nc1c(Cl)cc([N+](=O)[O-])cc1Cl)c1cc(-c2cc(C(F)(F)F)cc(C(F)(F)F)c2)no1. The van der Waals surface area contributed by atoms with Crippen molar-refractivity contribution in [3.8, 4) is 11.3 Å². The van der Waals surface area contributed by atoms with Crippen LogP contribution in [0.3, 0.4) is 0 Å². The smallest absolute Gasteiger partial charge is 0.350 e. The molecule has 0 saturated heterocycles. The first-order valence-corrected chi connectivity index (χ1v) is 9.14. The third-order valence-corrected chi connectivity index (χ3v) is 4.69. The fourth-order valence-electron chi connectivity index (χ4n) is 2.58. The molecule has 0 aliphatic heterocycles. The summed E-state index contributed by atoms with van der Waals surface area (Å²) in [5.41, 5.74) is -4.96. The third-order valence-electron chi connectivity index (χ3n) is 4.09. The maximum absolute atomic E-state index is 13.0. The van der Waals surface area contributed by atoms with Gasteiger partial charge in [0.1, 0.15) is 5.69 Å². The molecule has 7 nitrogen and oxygen atoms in total. The van der Waals surface area contributed by atoms with Crippen LogP contribution in [0.4, 0.5) is 37.7 Å². The third kappa shape index (κ3) is 5.37. The second-order valence-corrected chi connectivity index (χ2v) is 7.18. The predicted molar refractivity (Wildman–Crippen MR) is 103 cm³/mol. The molecule has 33 heavy (non-hydrogen) atoms. The second-order valence-electron chi connectivity index (χ2n) is 6.37. The summed E-state index contributed by atoms with van der Waals surface area (Å²) >= 11 is 11.7.